The first-order valence-electron chi connectivity index (χ1n) is 7.99. The lowest BCUT2D eigenvalue weighted by atomic mass is 9.85. The average molecular weight is 276 g/mol. The average Bonchev–Trinajstić information content (AvgIpc) is 2.48. The second-order valence-corrected chi connectivity index (χ2v) is 5.94. The SMILES string of the molecule is CCNC(Cc1ccc(CC)cn1)C1(C)CCCCO1. The van der Waals surface area contributed by atoms with Gasteiger partial charge in [-0.3, -0.25) is 4.98 Å². The maximum atomic E-state index is 6.11. The highest BCUT2D eigenvalue weighted by molar-refractivity contribution is 5.15. The molecule has 2 unspecified atom stereocenters. The minimum Gasteiger partial charge on any atom is -0.374 e. The predicted molar refractivity (Wildman–Crippen MR) is 83.0 cm³/mol. The van der Waals surface area contributed by atoms with Gasteiger partial charge in [-0.05, 0) is 50.8 Å². The number of ether oxygens (including phenoxy) is 1. The Morgan fingerprint density at radius 1 is 1.35 bits per heavy atom. The van der Waals surface area contributed by atoms with Crippen molar-refractivity contribution in [1.29, 1.82) is 0 Å². The van der Waals surface area contributed by atoms with E-state index < -0.39 is 0 Å². The standard InChI is InChI=1S/C17H28N2O/c1-4-14-8-9-15(19-13-14)12-16(18-5-2)17(3)10-6-7-11-20-17/h8-9,13,16,18H,4-7,10-12H2,1-3H3. The number of likely N-dealkylation sites (N-methyl/N-ethyl adjacent to an activating group) is 1. The molecule has 1 aliphatic heterocycles. The fourth-order valence-corrected chi connectivity index (χ4v) is 2.97. The summed E-state index contributed by atoms with van der Waals surface area (Å²) in [6.45, 7) is 8.43. The van der Waals surface area contributed by atoms with Crippen molar-refractivity contribution in [3.8, 4) is 0 Å². The molecule has 2 atom stereocenters. The van der Waals surface area contributed by atoms with Crippen LogP contribution in [0.4, 0.5) is 0 Å². The van der Waals surface area contributed by atoms with Crippen LogP contribution in [0, 0.1) is 0 Å². The smallest absolute Gasteiger partial charge is 0.0810 e. The van der Waals surface area contributed by atoms with E-state index in [0.717, 1.165) is 38.1 Å². The number of rotatable bonds is 6. The number of hydrogen-bond acceptors (Lipinski definition) is 3. The lowest BCUT2D eigenvalue weighted by molar-refractivity contribution is -0.0882. The fourth-order valence-electron chi connectivity index (χ4n) is 2.97. The molecule has 1 fully saturated rings. The molecule has 1 N–H and O–H groups in total. The first-order valence-corrected chi connectivity index (χ1v) is 7.99. The van der Waals surface area contributed by atoms with E-state index in [4.69, 9.17) is 4.74 Å². The van der Waals surface area contributed by atoms with Crippen LogP contribution in [-0.4, -0.2) is 29.8 Å². The minimum atomic E-state index is -0.0562. The van der Waals surface area contributed by atoms with Crippen molar-refractivity contribution in [2.75, 3.05) is 13.2 Å². The van der Waals surface area contributed by atoms with Crippen molar-refractivity contribution < 1.29 is 4.74 Å². The molecule has 1 aliphatic rings. The number of nitrogens with zero attached hydrogens (tertiary/aromatic N) is 1. The minimum absolute atomic E-state index is 0.0562. The molecule has 2 rings (SSSR count). The van der Waals surface area contributed by atoms with Crippen LogP contribution >= 0.6 is 0 Å². The Morgan fingerprint density at radius 2 is 2.20 bits per heavy atom. The Balaban J connectivity index is 2.07. The first kappa shape index (κ1) is 15.5. The molecule has 0 bridgehead atoms. The van der Waals surface area contributed by atoms with Gasteiger partial charge in [0.05, 0.1) is 5.60 Å². The summed E-state index contributed by atoms with van der Waals surface area (Å²) in [6, 6.07) is 4.69. The molecule has 1 aromatic rings. The molecule has 3 heteroatoms. The van der Waals surface area contributed by atoms with Crippen molar-refractivity contribution in [2.45, 2.75) is 64.5 Å². The van der Waals surface area contributed by atoms with Gasteiger partial charge in [0.1, 0.15) is 0 Å². The zero-order chi connectivity index (χ0) is 14.4. The van der Waals surface area contributed by atoms with Crippen LogP contribution in [-0.2, 0) is 17.6 Å². The third-order valence-electron chi connectivity index (χ3n) is 4.39. The van der Waals surface area contributed by atoms with Crippen LogP contribution in [0.2, 0.25) is 0 Å². The second-order valence-electron chi connectivity index (χ2n) is 5.94. The summed E-state index contributed by atoms with van der Waals surface area (Å²) >= 11 is 0. The van der Waals surface area contributed by atoms with Crippen LogP contribution in [0.5, 0.6) is 0 Å². The molecule has 0 amide bonds. The molecule has 1 saturated heterocycles. The molecular weight excluding hydrogens is 248 g/mol. The zero-order valence-corrected chi connectivity index (χ0v) is 13.1. The first-order chi connectivity index (χ1) is 9.68. The van der Waals surface area contributed by atoms with E-state index in [1.807, 2.05) is 6.20 Å². The predicted octanol–water partition coefficient (Wildman–Crippen LogP) is 3.12. The monoisotopic (exact) mass is 276 g/mol. The van der Waals surface area contributed by atoms with Gasteiger partial charge in [0.2, 0.25) is 0 Å². The van der Waals surface area contributed by atoms with Gasteiger partial charge in [0, 0.05) is 31.0 Å². The Morgan fingerprint density at radius 3 is 2.75 bits per heavy atom. The third kappa shape index (κ3) is 3.80. The van der Waals surface area contributed by atoms with Gasteiger partial charge in [-0.15, -0.1) is 0 Å². The quantitative estimate of drug-likeness (QED) is 0.867. The maximum Gasteiger partial charge on any atom is 0.0810 e. The van der Waals surface area contributed by atoms with E-state index in [-0.39, 0.29) is 5.60 Å². The normalized spacial score (nSPS) is 24.6. The molecule has 2 heterocycles. The molecule has 112 valence electrons. The summed E-state index contributed by atoms with van der Waals surface area (Å²) in [4.78, 5) is 4.60. The van der Waals surface area contributed by atoms with Gasteiger partial charge < -0.3 is 10.1 Å². The van der Waals surface area contributed by atoms with Crippen LogP contribution in [0.25, 0.3) is 0 Å². The largest absolute Gasteiger partial charge is 0.374 e. The van der Waals surface area contributed by atoms with E-state index in [0.29, 0.717) is 6.04 Å². The molecular formula is C17H28N2O. The van der Waals surface area contributed by atoms with Crippen LogP contribution in [0.1, 0.15) is 51.3 Å². The highest BCUT2D eigenvalue weighted by Gasteiger charge is 2.36. The van der Waals surface area contributed by atoms with E-state index in [1.165, 1.54) is 18.4 Å². The van der Waals surface area contributed by atoms with Crippen molar-refractivity contribution in [3.05, 3.63) is 29.6 Å². The van der Waals surface area contributed by atoms with Gasteiger partial charge >= 0.3 is 0 Å². The third-order valence-corrected chi connectivity index (χ3v) is 4.39. The molecule has 0 radical (unpaired) electrons. The van der Waals surface area contributed by atoms with E-state index >= 15 is 0 Å². The topological polar surface area (TPSA) is 34.2 Å². The van der Waals surface area contributed by atoms with E-state index in [2.05, 4.69) is 43.2 Å². The van der Waals surface area contributed by atoms with Crippen molar-refractivity contribution >= 4 is 0 Å². The van der Waals surface area contributed by atoms with Gasteiger partial charge in [-0.25, -0.2) is 0 Å². The molecule has 20 heavy (non-hydrogen) atoms. The zero-order valence-electron chi connectivity index (χ0n) is 13.1. The maximum absolute atomic E-state index is 6.11. The number of pyridine rings is 1. The number of aromatic nitrogens is 1. The molecule has 0 aliphatic carbocycles. The Bertz CT molecular complexity index is 396. The Kier molecular flexibility index (Phi) is 5.55. The molecule has 3 nitrogen and oxygen atoms in total. The lowest BCUT2D eigenvalue weighted by Crippen LogP contribution is -2.53. The Labute approximate surface area is 123 Å². The lowest BCUT2D eigenvalue weighted by Gasteiger charge is -2.41. The van der Waals surface area contributed by atoms with Gasteiger partial charge in [0.25, 0.3) is 0 Å². The van der Waals surface area contributed by atoms with Gasteiger partial charge in [0.15, 0.2) is 0 Å². The summed E-state index contributed by atoms with van der Waals surface area (Å²) < 4.78 is 6.11. The van der Waals surface area contributed by atoms with Crippen molar-refractivity contribution in [2.24, 2.45) is 0 Å². The summed E-state index contributed by atoms with van der Waals surface area (Å²) in [6.07, 6.45) is 7.58. The molecule has 0 spiro atoms. The molecule has 0 aromatic carbocycles. The highest BCUT2D eigenvalue weighted by Crippen LogP contribution is 2.29. The summed E-state index contributed by atoms with van der Waals surface area (Å²) in [5.74, 6) is 0. The van der Waals surface area contributed by atoms with Crippen LogP contribution in [0.3, 0.4) is 0 Å². The Hall–Kier alpha value is -0.930. The van der Waals surface area contributed by atoms with Crippen molar-refractivity contribution in [3.63, 3.8) is 0 Å². The van der Waals surface area contributed by atoms with Crippen LogP contribution < -0.4 is 5.32 Å². The summed E-state index contributed by atoms with van der Waals surface area (Å²) in [5.41, 5.74) is 2.40. The summed E-state index contributed by atoms with van der Waals surface area (Å²) in [5, 5.41) is 3.60. The fraction of sp³-hybridized carbons (Fsp3) is 0.706. The van der Waals surface area contributed by atoms with E-state index in [1.54, 1.807) is 0 Å². The van der Waals surface area contributed by atoms with E-state index in [9.17, 15) is 0 Å². The number of hydrogen-bond donors (Lipinski definition) is 1. The second kappa shape index (κ2) is 7.19. The molecule has 0 saturated carbocycles. The van der Waals surface area contributed by atoms with Crippen LogP contribution in [0.15, 0.2) is 18.3 Å². The highest BCUT2D eigenvalue weighted by atomic mass is 16.5. The van der Waals surface area contributed by atoms with Gasteiger partial charge in [-0.1, -0.05) is 19.9 Å². The van der Waals surface area contributed by atoms with Crippen molar-refractivity contribution in [1.82, 2.24) is 10.3 Å². The number of aryl methyl sites for hydroxylation is 1. The molecule has 1 aromatic heterocycles. The van der Waals surface area contributed by atoms with Gasteiger partial charge in [-0.2, -0.15) is 0 Å². The number of nitrogens with one attached hydrogen (secondary N) is 1. The summed E-state index contributed by atoms with van der Waals surface area (Å²) in [7, 11) is 0.